The van der Waals surface area contributed by atoms with Gasteiger partial charge in [-0.15, -0.1) is 0 Å². The van der Waals surface area contributed by atoms with Crippen LogP contribution in [0.3, 0.4) is 0 Å². The van der Waals surface area contributed by atoms with Crippen LogP contribution in [0.5, 0.6) is 5.75 Å². The molecule has 0 saturated heterocycles. The Kier molecular flexibility index (Phi) is 5.62. The zero-order valence-electron chi connectivity index (χ0n) is 11.3. The smallest absolute Gasteiger partial charge is 0.142 e. The summed E-state index contributed by atoms with van der Waals surface area (Å²) in [7, 11) is -0.845. The van der Waals surface area contributed by atoms with Crippen LogP contribution in [0.25, 0.3) is 0 Å². The van der Waals surface area contributed by atoms with Gasteiger partial charge in [0, 0.05) is 22.3 Å². The number of nitrogen functional groups attached to an aromatic ring is 1. The molecule has 0 amide bonds. The topological polar surface area (TPSA) is 52.3 Å². The molecule has 0 radical (unpaired) electrons. The molecule has 106 valence electrons. The summed E-state index contributed by atoms with van der Waals surface area (Å²) in [6, 6.07) is 17.3. The van der Waals surface area contributed by atoms with E-state index in [1.54, 1.807) is 0 Å². The number of ether oxygens (including phenoxy) is 1. The normalized spacial score (nSPS) is 12.0. The van der Waals surface area contributed by atoms with Gasteiger partial charge in [-0.2, -0.15) is 0 Å². The second-order valence-corrected chi connectivity index (χ2v) is 6.09. The lowest BCUT2D eigenvalue weighted by Crippen LogP contribution is -2.07. The Balaban J connectivity index is 1.69. The van der Waals surface area contributed by atoms with Gasteiger partial charge in [0.1, 0.15) is 5.75 Å². The number of para-hydroxylation sites is 2. The van der Waals surface area contributed by atoms with Crippen molar-refractivity contribution in [3.05, 3.63) is 60.2 Å². The van der Waals surface area contributed by atoms with E-state index in [2.05, 4.69) is 0 Å². The Hall–Kier alpha value is -1.81. The largest absolute Gasteiger partial charge is 0.491 e. The van der Waals surface area contributed by atoms with E-state index in [9.17, 15) is 4.21 Å². The summed E-state index contributed by atoms with van der Waals surface area (Å²) >= 11 is 0. The van der Waals surface area contributed by atoms with E-state index in [-0.39, 0.29) is 0 Å². The van der Waals surface area contributed by atoms with Gasteiger partial charge in [-0.05, 0) is 24.1 Å². The van der Waals surface area contributed by atoms with Gasteiger partial charge in [0.25, 0.3) is 0 Å². The molecule has 20 heavy (non-hydrogen) atoms. The van der Waals surface area contributed by atoms with Crippen molar-refractivity contribution in [2.75, 3.05) is 18.1 Å². The highest BCUT2D eigenvalue weighted by molar-refractivity contribution is 7.84. The Morgan fingerprint density at radius 2 is 1.70 bits per heavy atom. The fourth-order valence-corrected chi connectivity index (χ4v) is 2.99. The van der Waals surface area contributed by atoms with Gasteiger partial charge in [0.2, 0.25) is 0 Å². The minimum absolute atomic E-state index is 0.536. The van der Waals surface area contributed by atoms with Gasteiger partial charge in [-0.25, -0.2) is 0 Å². The summed E-state index contributed by atoms with van der Waals surface area (Å²) in [6.45, 7) is 0.536. The van der Waals surface area contributed by atoms with Crippen molar-refractivity contribution in [1.82, 2.24) is 0 Å². The predicted molar refractivity (Wildman–Crippen MR) is 84.1 cm³/mol. The minimum atomic E-state index is -0.845. The summed E-state index contributed by atoms with van der Waals surface area (Å²) in [5, 5.41) is 0. The summed E-state index contributed by atoms with van der Waals surface area (Å²) < 4.78 is 17.5. The number of rotatable bonds is 7. The maximum atomic E-state index is 11.9. The van der Waals surface area contributed by atoms with E-state index in [0.29, 0.717) is 29.5 Å². The molecule has 2 N–H and O–H groups in total. The summed E-state index contributed by atoms with van der Waals surface area (Å²) in [4.78, 5) is 0. The van der Waals surface area contributed by atoms with Gasteiger partial charge in [-0.3, -0.25) is 4.21 Å². The van der Waals surface area contributed by atoms with Crippen LogP contribution >= 0.6 is 0 Å². The standard InChI is InChI=1S/C16H19NO2S/c17-15-9-4-5-10-16(15)19-11-6-12-20(18)13-14-7-2-1-3-8-14/h1-5,7-10H,6,11-13,17H2. The molecule has 0 spiro atoms. The predicted octanol–water partition coefficient (Wildman–Crippen LogP) is 2.99. The molecule has 2 aromatic rings. The first-order chi connectivity index (χ1) is 9.75. The van der Waals surface area contributed by atoms with Gasteiger partial charge >= 0.3 is 0 Å². The highest BCUT2D eigenvalue weighted by Gasteiger charge is 2.03. The average molecular weight is 289 g/mol. The molecule has 1 atom stereocenters. The summed E-state index contributed by atoms with van der Waals surface area (Å²) in [6.07, 6.45) is 0.758. The summed E-state index contributed by atoms with van der Waals surface area (Å²) in [5.41, 5.74) is 7.53. The van der Waals surface area contributed by atoms with Crippen molar-refractivity contribution in [1.29, 1.82) is 0 Å². The third-order valence-corrected chi connectivity index (χ3v) is 4.26. The molecule has 0 aromatic heterocycles. The van der Waals surface area contributed by atoms with Gasteiger partial charge in [-0.1, -0.05) is 42.5 Å². The van der Waals surface area contributed by atoms with Gasteiger partial charge in [0.05, 0.1) is 12.3 Å². The molecule has 2 aromatic carbocycles. The zero-order chi connectivity index (χ0) is 14.2. The van der Waals surface area contributed by atoms with E-state index < -0.39 is 10.8 Å². The molecule has 0 saturated carbocycles. The number of benzene rings is 2. The molecule has 0 heterocycles. The van der Waals surface area contributed by atoms with Crippen molar-refractivity contribution in [2.24, 2.45) is 0 Å². The quantitative estimate of drug-likeness (QED) is 0.630. The Morgan fingerprint density at radius 1 is 1.00 bits per heavy atom. The number of anilines is 1. The van der Waals surface area contributed by atoms with Crippen LogP contribution in [0.4, 0.5) is 5.69 Å². The lowest BCUT2D eigenvalue weighted by molar-refractivity contribution is 0.320. The molecule has 3 nitrogen and oxygen atoms in total. The number of nitrogens with two attached hydrogens (primary N) is 1. The number of hydrogen-bond acceptors (Lipinski definition) is 3. The van der Waals surface area contributed by atoms with Gasteiger partial charge in [0.15, 0.2) is 0 Å². The third-order valence-electron chi connectivity index (χ3n) is 2.86. The molecule has 0 aliphatic carbocycles. The van der Waals surface area contributed by atoms with Crippen LogP contribution < -0.4 is 10.5 Å². The molecule has 4 heteroatoms. The van der Waals surface area contributed by atoms with Crippen molar-refractivity contribution in [3.63, 3.8) is 0 Å². The highest BCUT2D eigenvalue weighted by atomic mass is 32.2. The monoisotopic (exact) mass is 289 g/mol. The maximum absolute atomic E-state index is 11.9. The fraction of sp³-hybridized carbons (Fsp3) is 0.250. The first-order valence-electron chi connectivity index (χ1n) is 6.62. The average Bonchev–Trinajstić information content (AvgIpc) is 2.46. The molecule has 0 aliphatic rings. The lowest BCUT2D eigenvalue weighted by atomic mass is 10.2. The Bertz CT molecular complexity index is 557. The van der Waals surface area contributed by atoms with E-state index in [1.165, 1.54) is 0 Å². The van der Waals surface area contributed by atoms with E-state index in [4.69, 9.17) is 10.5 Å². The number of hydrogen-bond donors (Lipinski definition) is 1. The van der Waals surface area contributed by atoms with Crippen molar-refractivity contribution < 1.29 is 8.95 Å². The van der Waals surface area contributed by atoms with E-state index in [0.717, 1.165) is 12.0 Å². The van der Waals surface area contributed by atoms with Crippen LogP contribution in [-0.2, 0) is 16.6 Å². The first kappa shape index (κ1) is 14.6. The molecule has 0 aliphatic heterocycles. The Morgan fingerprint density at radius 3 is 2.45 bits per heavy atom. The van der Waals surface area contributed by atoms with Crippen LogP contribution in [0.1, 0.15) is 12.0 Å². The Labute approximate surface area is 122 Å². The molecule has 1 unspecified atom stereocenters. The van der Waals surface area contributed by atoms with Crippen LogP contribution in [-0.4, -0.2) is 16.6 Å². The highest BCUT2D eigenvalue weighted by Crippen LogP contribution is 2.19. The molecule has 0 bridgehead atoms. The van der Waals surface area contributed by atoms with E-state index >= 15 is 0 Å². The molecular formula is C16H19NO2S. The second-order valence-electron chi connectivity index (χ2n) is 4.51. The minimum Gasteiger partial charge on any atom is -0.491 e. The molecular weight excluding hydrogens is 270 g/mol. The molecule has 0 fully saturated rings. The van der Waals surface area contributed by atoms with Crippen LogP contribution in [0.2, 0.25) is 0 Å². The van der Waals surface area contributed by atoms with Crippen molar-refractivity contribution in [2.45, 2.75) is 12.2 Å². The van der Waals surface area contributed by atoms with Crippen molar-refractivity contribution in [3.8, 4) is 5.75 Å². The lowest BCUT2D eigenvalue weighted by Gasteiger charge is -2.08. The second kappa shape index (κ2) is 7.70. The van der Waals surface area contributed by atoms with Gasteiger partial charge < -0.3 is 10.5 Å². The SMILES string of the molecule is Nc1ccccc1OCCCS(=O)Cc1ccccc1. The zero-order valence-corrected chi connectivity index (χ0v) is 12.1. The molecule has 2 rings (SSSR count). The van der Waals surface area contributed by atoms with Crippen molar-refractivity contribution >= 4 is 16.5 Å². The van der Waals surface area contributed by atoms with Crippen LogP contribution in [0.15, 0.2) is 54.6 Å². The summed E-state index contributed by atoms with van der Waals surface area (Å²) in [5.74, 6) is 1.94. The van der Waals surface area contributed by atoms with Crippen LogP contribution in [0, 0.1) is 0 Å². The van der Waals surface area contributed by atoms with E-state index in [1.807, 2.05) is 54.6 Å². The third kappa shape index (κ3) is 4.70. The maximum Gasteiger partial charge on any atom is 0.142 e. The fourth-order valence-electron chi connectivity index (χ4n) is 1.85. The first-order valence-corrected chi connectivity index (χ1v) is 8.11.